The lowest BCUT2D eigenvalue weighted by Gasteiger charge is -2.05. The SMILES string of the molecule is Cc1ccc(C(=O)c2oc3ccccc3c2NC(=O)c2cc(-c3ccc4c(c3)C[C@H](C)O4)on2)cc1. The van der Waals surface area contributed by atoms with Gasteiger partial charge in [-0.2, -0.15) is 0 Å². The molecule has 0 saturated carbocycles. The van der Waals surface area contributed by atoms with Crippen LogP contribution in [0.1, 0.15) is 44.7 Å². The number of para-hydroxylation sites is 1. The first-order valence-electron chi connectivity index (χ1n) is 11.7. The topological polar surface area (TPSA) is 94.6 Å². The number of anilines is 1. The summed E-state index contributed by atoms with van der Waals surface area (Å²) in [5.41, 5.74) is 4.29. The van der Waals surface area contributed by atoms with Crippen molar-refractivity contribution in [2.45, 2.75) is 26.4 Å². The number of ether oxygens (including phenoxy) is 1. The van der Waals surface area contributed by atoms with E-state index in [0.29, 0.717) is 28.0 Å². The predicted molar refractivity (Wildman–Crippen MR) is 135 cm³/mol. The van der Waals surface area contributed by atoms with E-state index in [2.05, 4.69) is 10.5 Å². The monoisotopic (exact) mass is 478 g/mol. The normalized spacial score (nSPS) is 14.4. The second kappa shape index (κ2) is 8.53. The summed E-state index contributed by atoms with van der Waals surface area (Å²) in [5.74, 6) is 0.561. The molecule has 1 atom stereocenters. The molecule has 178 valence electrons. The van der Waals surface area contributed by atoms with E-state index in [4.69, 9.17) is 13.7 Å². The fraction of sp³-hybridized carbons (Fsp3) is 0.138. The van der Waals surface area contributed by atoms with E-state index in [-0.39, 0.29) is 23.3 Å². The largest absolute Gasteiger partial charge is 0.490 e. The molecule has 1 N–H and O–H groups in total. The third-order valence-corrected chi connectivity index (χ3v) is 6.28. The molecule has 7 nitrogen and oxygen atoms in total. The van der Waals surface area contributed by atoms with Gasteiger partial charge in [-0.1, -0.05) is 47.1 Å². The summed E-state index contributed by atoms with van der Waals surface area (Å²) in [6, 6.07) is 21.7. The van der Waals surface area contributed by atoms with Crippen molar-refractivity contribution < 1.29 is 23.3 Å². The van der Waals surface area contributed by atoms with Crippen LogP contribution in [0.15, 0.2) is 81.7 Å². The van der Waals surface area contributed by atoms with Crippen LogP contribution >= 0.6 is 0 Å². The molecule has 0 fully saturated rings. The number of hydrogen-bond acceptors (Lipinski definition) is 6. The molecular weight excluding hydrogens is 456 g/mol. The summed E-state index contributed by atoms with van der Waals surface area (Å²) in [5, 5.41) is 7.42. The summed E-state index contributed by atoms with van der Waals surface area (Å²) >= 11 is 0. The Hall–Kier alpha value is -4.65. The third kappa shape index (κ3) is 3.84. The number of fused-ring (bicyclic) bond motifs is 2. The van der Waals surface area contributed by atoms with Crippen molar-refractivity contribution in [3.8, 4) is 17.1 Å². The number of nitrogens with one attached hydrogen (secondary N) is 1. The third-order valence-electron chi connectivity index (χ3n) is 6.28. The molecule has 6 rings (SSSR count). The first kappa shape index (κ1) is 21.9. The number of rotatable bonds is 5. The summed E-state index contributed by atoms with van der Waals surface area (Å²) in [7, 11) is 0. The Morgan fingerprint density at radius 2 is 1.81 bits per heavy atom. The summed E-state index contributed by atoms with van der Waals surface area (Å²) in [6.45, 7) is 3.97. The van der Waals surface area contributed by atoms with E-state index in [1.807, 2.05) is 56.3 Å². The van der Waals surface area contributed by atoms with Gasteiger partial charge < -0.3 is 19.0 Å². The van der Waals surface area contributed by atoms with E-state index in [1.54, 1.807) is 30.3 Å². The molecule has 1 amide bonds. The van der Waals surface area contributed by atoms with E-state index >= 15 is 0 Å². The van der Waals surface area contributed by atoms with Gasteiger partial charge in [-0.15, -0.1) is 0 Å². The van der Waals surface area contributed by atoms with Crippen LogP contribution in [0, 0.1) is 6.92 Å². The van der Waals surface area contributed by atoms with Crippen LogP contribution in [0.5, 0.6) is 5.75 Å². The van der Waals surface area contributed by atoms with Gasteiger partial charge >= 0.3 is 0 Å². The van der Waals surface area contributed by atoms with E-state index in [9.17, 15) is 9.59 Å². The molecule has 3 aromatic carbocycles. The van der Waals surface area contributed by atoms with Gasteiger partial charge in [0.25, 0.3) is 5.91 Å². The molecule has 2 aromatic heterocycles. The maximum atomic E-state index is 13.3. The molecule has 0 radical (unpaired) electrons. The molecular formula is C29H22N2O5. The molecule has 7 heteroatoms. The zero-order valence-corrected chi connectivity index (χ0v) is 19.7. The van der Waals surface area contributed by atoms with Gasteiger partial charge in [-0.25, -0.2) is 0 Å². The summed E-state index contributed by atoms with van der Waals surface area (Å²) in [6.07, 6.45) is 0.948. The second-order valence-corrected chi connectivity index (χ2v) is 8.98. The quantitative estimate of drug-likeness (QED) is 0.302. The lowest BCUT2D eigenvalue weighted by Crippen LogP contribution is -2.14. The number of carbonyl (C=O) groups excluding carboxylic acids is 2. The lowest BCUT2D eigenvalue weighted by molar-refractivity contribution is 0.101. The predicted octanol–water partition coefficient (Wildman–Crippen LogP) is 6.20. The average Bonchev–Trinajstić information content (AvgIpc) is 3.60. The van der Waals surface area contributed by atoms with Gasteiger partial charge in [0.15, 0.2) is 17.2 Å². The number of carbonyl (C=O) groups is 2. The molecule has 36 heavy (non-hydrogen) atoms. The Balaban J connectivity index is 1.31. The van der Waals surface area contributed by atoms with Gasteiger partial charge in [-0.3, -0.25) is 9.59 Å². The minimum absolute atomic E-state index is 0.0601. The van der Waals surface area contributed by atoms with Gasteiger partial charge in [0, 0.05) is 29.0 Å². The van der Waals surface area contributed by atoms with Gasteiger partial charge in [0.1, 0.15) is 17.4 Å². The highest BCUT2D eigenvalue weighted by molar-refractivity contribution is 6.18. The van der Waals surface area contributed by atoms with Crippen molar-refractivity contribution >= 4 is 28.3 Å². The number of hydrogen-bond donors (Lipinski definition) is 1. The number of aryl methyl sites for hydroxylation is 1. The molecule has 0 unspecified atom stereocenters. The van der Waals surface area contributed by atoms with Crippen molar-refractivity contribution in [1.29, 1.82) is 0 Å². The molecule has 5 aromatic rings. The molecule has 0 spiro atoms. The van der Waals surface area contributed by atoms with Crippen molar-refractivity contribution in [3.05, 3.63) is 101 Å². The van der Waals surface area contributed by atoms with Crippen LogP contribution in [0.25, 0.3) is 22.3 Å². The first-order chi connectivity index (χ1) is 17.5. The Morgan fingerprint density at radius 1 is 1.00 bits per heavy atom. The molecule has 0 saturated heterocycles. The van der Waals surface area contributed by atoms with E-state index in [1.165, 1.54) is 0 Å². The van der Waals surface area contributed by atoms with Crippen LogP contribution in [-0.4, -0.2) is 23.0 Å². The molecule has 3 heterocycles. The number of ketones is 1. The number of nitrogens with zero attached hydrogens (tertiary/aromatic N) is 1. The minimum Gasteiger partial charge on any atom is -0.490 e. The maximum Gasteiger partial charge on any atom is 0.277 e. The highest BCUT2D eigenvalue weighted by Crippen LogP contribution is 2.35. The van der Waals surface area contributed by atoms with Crippen molar-refractivity contribution in [2.75, 3.05) is 5.32 Å². The number of amides is 1. The zero-order chi connectivity index (χ0) is 24.8. The molecule has 0 bridgehead atoms. The van der Waals surface area contributed by atoms with Crippen LogP contribution in [0.2, 0.25) is 0 Å². The molecule has 1 aliphatic heterocycles. The number of benzene rings is 3. The summed E-state index contributed by atoms with van der Waals surface area (Å²) < 4.78 is 17.1. The maximum absolute atomic E-state index is 13.3. The van der Waals surface area contributed by atoms with E-state index in [0.717, 1.165) is 28.9 Å². The van der Waals surface area contributed by atoms with Crippen molar-refractivity contribution in [2.24, 2.45) is 0 Å². The summed E-state index contributed by atoms with van der Waals surface area (Å²) in [4.78, 5) is 26.5. The Kier molecular flexibility index (Phi) is 5.18. The Morgan fingerprint density at radius 3 is 2.64 bits per heavy atom. The smallest absolute Gasteiger partial charge is 0.277 e. The fourth-order valence-electron chi connectivity index (χ4n) is 4.44. The molecule has 1 aliphatic rings. The minimum atomic E-state index is -0.507. The van der Waals surface area contributed by atoms with Gasteiger partial charge in [0.2, 0.25) is 5.78 Å². The highest BCUT2D eigenvalue weighted by Gasteiger charge is 2.25. The average molecular weight is 479 g/mol. The number of aromatic nitrogens is 1. The van der Waals surface area contributed by atoms with Crippen molar-refractivity contribution in [3.63, 3.8) is 0 Å². The van der Waals surface area contributed by atoms with Crippen LogP contribution in [0.4, 0.5) is 5.69 Å². The number of furan rings is 1. The van der Waals surface area contributed by atoms with Crippen LogP contribution < -0.4 is 10.1 Å². The first-order valence-corrected chi connectivity index (χ1v) is 11.7. The van der Waals surface area contributed by atoms with Crippen LogP contribution in [0.3, 0.4) is 0 Å². The highest BCUT2D eigenvalue weighted by atomic mass is 16.5. The van der Waals surface area contributed by atoms with Crippen molar-refractivity contribution in [1.82, 2.24) is 5.16 Å². The van der Waals surface area contributed by atoms with Crippen LogP contribution in [-0.2, 0) is 6.42 Å². The second-order valence-electron chi connectivity index (χ2n) is 8.98. The van der Waals surface area contributed by atoms with Gasteiger partial charge in [-0.05, 0) is 49.7 Å². The Bertz CT molecular complexity index is 1630. The van der Waals surface area contributed by atoms with Gasteiger partial charge in [0.05, 0.1) is 5.69 Å². The lowest BCUT2D eigenvalue weighted by atomic mass is 10.0. The molecule has 0 aliphatic carbocycles. The Labute approximate surface area is 206 Å². The zero-order valence-electron chi connectivity index (χ0n) is 19.7. The van der Waals surface area contributed by atoms with E-state index < -0.39 is 5.91 Å². The fourth-order valence-corrected chi connectivity index (χ4v) is 4.44. The standard InChI is InChI=1S/C29H22N2O5/c1-16-7-9-18(10-8-16)27(32)28-26(21-5-3-4-6-24(21)35-28)30-29(33)22-15-25(36-31-22)19-11-12-23-20(14-19)13-17(2)34-23/h3-12,14-15,17H,13H2,1-2H3,(H,30,33)/t17-/m0/s1.